The lowest BCUT2D eigenvalue weighted by Crippen LogP contribution is -2.47. The van der Waals surface area contributed by atoms with Gasteiger partial charge in [0.05, 0.1) is 0 Å². The van der Waals surface area contributed by atoms with E-state index in [1.54, 1.807) is 0 Å². The third-order valence-corrected chi connectivity index (χ3v) is 4.89. The zero-order valence-electron chi connectivity index (χ0n) is 13.7. The summed E-state index contributed by atoms with van der Waals surface area (Å²) in [6.45, 7) is 6.59. The first kappa shape index (κ1) is 17.0. The predicted molar refractivity (Wildman–Crippen MR) is 88.2 cm³/mol. The third-order valence-electron chi connectivity index (χ3n) is 4.89. The minimum Gasteiger partial charge on any atom is -0.384 e. The fraction of sp³-hybridized carbons (Fsp3) is 0.611. The maximum Gasteiger partial charge on any atom is 0.217 e. The van der Waals surface area contributed by atoms with Gasteiger partial charge < -0.3 is 15.7 Å². The molecule has 1 atom stereocenters. The van der Waals surface area contributed by atoms with E-state index in [4.69, 9.17) is 5.73 Å². The minimum absolute atomic E-state index is 0.137. The summed E-state index contributed by atoms with van der Waals surface area (Å²) in [6, 6.07) is 9.92. The summed E-state index contributed by atoms with van der Waals surface area (Å²) in [5.41, 5.74) is 5.42. The van der Waals surface area contributed by atoms with Gasteiger partial charge in [-0.3, -0.25) is 4.79 Å². The molecule has 1 aromatic carbocycles. The van der Waals surface area contributed by atoms with E-state index in [1.165, 1.54) is 0 Å². The van der Waals surface area contributed by atoms with Gasteiger partial charge >= 0.3 is 0 Å². The van der Waals surface area contributed by atoms with Crippen molar-refractivity contribution in [1.82, 2.24) is 4.90 Å². The smallest absolute Gasteiger partial charge is 0.217 e. The first-order valence-corrected chi connectivity index (χ1v) is 8.20. The van der Waals surface area contributed by atoms with Crippen molar-refractivity contribution in [1.29, 1.82) is 0 Å². The number of carbonyl (C=O) groups is 1. The van der Waals surface area contributed by atoms with Crippen LogP contribution in [0.25, 0.3) is 0 Å². The number of amides is 1. The van der Waals surface area contributed by atoms with Crippen LogP contribution in [0.4, 0.5) is 0 Å². The Morgan fingerprint density at radius 3 is 2.41 bits per heavy atom. The molecule has 1 fully saturated rings. The Bertz CT molecular complexity index is 481. The van der Waals surface area contributed by atoms with Crippen LogP contribution < -0.4 is 5.73 Å². The summed E-state index contributed by atoms with van der Waals surface area (Å²) < 4.78 is 0. The Hall–Kier alpha value is -1.39. The van der Waals surface area contributed by atoms with Crippen molar-refractivity contribution in [3.63, 3.8) is 0 Å². The molecule has 0 aliphatic carbocycles. The van der Waals surface area contributed by atoms with Gasteiger partial charge in [0, 0.05) is 13.0 Å². The number of hydrogen-bond donors (Lipinski definition) is 2. The van der Waals surface area contributed by atoms with Crippen molar-refractivity contribution in [2.75, 3.05) is 19.6 Å². The number of piperidine rings is 1. The second-order valence-corrected chi connectivity index (χ2v) is 6.83. The largest absolute Gasteiger partial charge is 0.384 e. The zero-order valence-corrected chi connectivity index (χ0v) is 13.7. The van der Waals surface area contributed by atoms with Crippen LogP contribution >= 0.6 is 0 Å². The first-order chi connectivity index (χ1) is 10.4. The van der Waals surface area contributed by atoms with Crippen molar-refractivity contribution in [2.24, 2.45) is 17.6 Å². The molecule has 0 saturated carbocycles. The van der Waals surface area contributed by atoms with Gasteiger partial charge in [0.25, 0.3) is 0 Å². The fourth-order valence-corrected chi connectivity index (χ4v) is 3.31. The van der Waals surface area contributed by atoms with Crippen molar-refractivity contribution in [2.45, 2.75) is 38.7 Å². The lowest BCUT2D eigenvalue weighted by molar-refractivity contribution is -0.119. The van der Waals surface area contributed by atoms with E-state index in [9.17, 15) is 9.90 Å². The quantitative estimate of drug-likeness (QED) is 0.846. The number of benzene rings is 1. The molecule has 4 nitrogen and oxygen atoms in total. The average molecular weight is 304 g/mol. The number of β-amino-alcohol motifs (C(OH)–C–C–N with tert-alkyl or cyclic N) is 1. The number of nitrogens with zero attached hydrogens (tertiary/aromatic N) is 1. The van der Waals surface area contributed by atoms with Gasteiger partial charge in [0.2, 0.25) is 5.91 Å². The zero-order chi connectivity index (χ0) is 16.2. The van der Waals surface area contributed by atoms with E-state index < -0.39 is 5.60 Å². The van der Waals surface area contributed by atoms with Crippen molar-refractivity contribution < 1.29 is 9.90 Å². The second kappa shape index (κ2) is 7.25. The van der Waals surface area contributed by atoms with E-state index in [1.807, 2.05) is 30.3 Å². The Kier molecular flexibility index (Phi) is 5.59. The van der Waals surface area contributed by atoms with E-state index in [0.29, 0.717) is 18.9 Å². The van der Waals surface area contributed by atoms with E-state index in [0.717, 1.165) is 31.5 Å². The molecular formula is C18H28N2O2. The number of primary amides is 1. The van der Waals surface area contributed by atoms with Crippen LogP contribution in [0.3, 0.4) is 0 Å². The average Bonchev–Trinajstić information content (AvgIpc) is 2.49. The molecule has 3 N–H and O–H groups in total. The van der Waals surface area contributed by atoms with Crippen LogP contribution in [0.1, 0.15) is 38.7 Å². The molecule has 122 valence electrons. The molecule has 0 radical (unpaired) electrons. The van der Waals surface area contributed by atoms with Gasteiger partial charge in [-0.15, -0.1) is 0 Å². The maximum atomic E-state index is 11.2. The van der Waals surface area contributed by atoms with E-state index >= 15 is 0 Å². The third kappa shape index (κ3) is 4.08. The molecule has 0 bridgehead atoms. The topological polar surface area (TPSA) is 66.6 Å². The summed E-state index contributed by atoms with van der Waals surface area (Å²) in [4.78, 5) is 13.3. The molecule has 1 saturated heterocycles. The summed E-state index contributed by atoms with van der Waals surface area (Å²) in [7, 11) is 0. The molecule has 2 rings (SSSR count). The van der Waals surface area contributed by atoms with Crippen LogP contribution in [-0.2, 0) is 10.4 Å². The lowest BCUT2D eigenvalue weighted by Gasteiger charge is -2.40. The number of likely N-dealkylation sites (tertiary alicyclic amines) is 1. The predicted octanol–water partition coefficient (Wildman–Crippen LogP) is 2.12. The normalized spacial score (nSPS) is 20.0. The van der Waals surface area contributed by atoms with Crippen LogP contribution in [-0.4, -0.2) is 35.5 Å². The van der Waals surface area contributed by atoms with Gasteiger partial charge in [0.15, 0.2) is 0 Å². The molecule has 1 amide bonds. The van der Waals surface area contributed by atoms with Crippen molar-refractivity contribution in [3.8, 4) is 0 Å². The van der Waals surface area contributed by atoms with E-state index in [2.05, 4.69) is 18.7 Å². The maximum absolute atomic E-state index is 11.2. The number of carbonyl (C=O) groups excluding carboxylic acids is 1. The van der Waals surface area contributed by atoms with Crippen LogP contribution in [0.5, 0.6) is 0 Å². The highest BCUT2D eigenvalue weighted by Gasteiger charge is 2.36. The summed E-state index contributed by atoms with van der Waals surface area (Å²) in [6.07, 6.45) is 2.44. The first-order valence-electron chi connectivity index (χ1n) is 8.20. The molecule has 4 heteroatoms. The molecule has 0 unspecified atom stereocenters. The van der Waals surface area contributed by atoms with Crippen molar-refractivity contribution >= 4 is 5.91 Å². The molecule has 0 aromatic heterocycles. The van der Waals surface area contributed by atoms with Crippen LogP contribution in [0.15, 0.2) is 30.3 Å². The van der Waals surface area contributed by atoms with Crippen molar-refractivity contribution in [3.05, 3.63) is 35.9 Å². The molecule has 1 aliphatic heterocycles. The Morgan fingerprint density at radius 2 is 1.91 bits per heavy atom. The summed E-state index contributed by atoms with van der Waals surface area (Å²) in [5, 5.41) is 11.2. The number of aliphatic hydroxyl groups is 1. The summed E-state index contributed by atoms with van der Waals surface area (Å²) in [5.74, 6) is 0.331. The van der Waals surface area contributed by atoms with Gasteiger partial charge in [0.1, 0.15) is 5.60 Å². The SMILES string of the molecule is CC(C)[C@@](O)(CN1CCC(CC(N)=O)CC1)c1ccccc1. The molecular weight excluding hydrogens is 276 g/mol. The highest BCUT2D eigenvalue weighted by atomic mass is 16.3. The fourth-order valence-electron chi connectivity index (χ4n) is 3.31. The van der Waals surface area contributed by atoms with Crippen LogP contribution in [0.2, 0.25) is 0 Å². The Morgan fingerprint density at radius 1 is 1.32 bits per heavy atom. The highest BCUT2D eigenvalue weighted by Crippen LogP contribution is 2.32. The van der Waals surface area contributed by atoms with Gasteiger partial charge in [-0.05, 0) is 43.3 Å². The van der Waals surface area contributed by atoms with Crippen LogP contribution in [0, 0.1) is 11.8 Å². The Labute approximate surface area is 133 Å². The van der Waals surface area contributed by atoms with E-state index in [-0.39, 0.29) is 11.8 Å². The molecule has 1 aromatic rings. The second-order valence-electron chi connectivity index (χ2n) is 6.83. The minimum atomic E-state index is -0.836. The molecule has 1 heterocycles. The molecule has 22 heavy (non-hydrogen) atoms. The van der Waals surface area contributed by atoms with Gasteiger partial charge in [-0.1, -0.05) is 44.2 Å². The molecule has 0 spiro atoms. The van der Waals surface area contributed by atoms with Gasteiger partial charge in [-0.25, -0.2) is 0 Å². The number of nitrogens with two attached hydrogens (primary N) is 1. The Balaban J connectivity index is 2.00. The lowest BCUT2D eigenvalue weighted by atomic mass is 9.82. The van der Waals surface area contributed by atoms with Gasteiger partial charge in [-0.2, -0.15) is 0 Å². The summed E-state index contributed by atoms with van der Waals surface area (Å²) >= 11 is 0. The highest BCUT2D eigenvalue weighted by molar-refractivity contribution is 5.73. The number of rotatable bonds is 6. The monoisotopic (exact) mass is 304 g/mol. The number of hydrogen-bond acceptors (Lipinski definition) is 3. The standard InChI is InChI=1S/C18H28N2O2/c1-14(2)18(22,16-6-4-3-5-7-16)13-20-10-8-15(9-11-20)12-17(19)21/h3-7,14-15,22H,8-13H2,1-2H3,(H2,19,21)/t18-/m0/s1. The molecule has 1 aliphatic rings.